The van der Waals surface area contributed by atoms with Gasteiger partial charge in [-0.1, -0.05) is 90.9 Å². The number of aliphatic hydroxyl groups is 1. The van der Waals surface area contributed by atoms with E-state index in [0.29, 0.717) is 0 Å². The van der Waals surface area contributed by atoms with Crippen molar-refractivity contribution >= 4 is 9.24 Å². The summed E-state index contributed by atoms with van der Waals surface area (Å²) in [5, 5.41) is 11.4. The summed E-state index contributed by atoms with van der Waals surface area (Å²) in [6, 6.07) is 0. The van der Waals surface area contributed by atoms with Crippen LogP contribution >= 0.6 is 9.24 Å². The number of unbranched alkanes of at least 4 members (excludes halogenated alkanes) is 10. The molecule has 0 bridgehead atoms. The SMILES string of the molecule is CCCCCCCCC(O)(CCCCCCCC)C([PH-])[N+](C)(C)C. The lowest BCUT2D eigenvalue weighted by molar-refractivity contribution is -0.888. The van der Waals surface area contributed by atoms with Crippen molar-refractivity contribution in [3.8, 4) is 0 Å². The smallest absolute Gasteiger partial charge is 0.0878 e. The largest absolute Gasteiger partial charge is 0.489 e. The molecule has 0 saturated heterocycles. The Morgan fingerprint density at radius 1 is 0.708 bits per heavy atom. The molecule has 0 heterocycles. The summed E-state index contributed by atoms with van der Waals surface area (Å²) in [5.41, 5.74) is -0.579. The van der Waals surface area contributed by atoms with Crippen LogP contribution in [-0.4, -0.2) is 42.1 Å². The van der Waals surface area contributed by atoms with Gasteiger partial charge in [-0.2, -0.15) is 0 Å². The van der Waals surface area contributed by atoms with Crippen molar-refractivity contribution in [2.75, 3.05) is 21.1 Å². The number of nitrogens with zero attached hydrogens (tertiary/aromatic N) is 1. The fraction of sp³-hybridized carbons (Fsp3) is 1.00. The first kappa shape index (κ1) is 24.4. The van der Waals surface area contributed by atoms with Gasteiger partial charge in [0.25, 0.3) is 0 Å². The van der Waals surface area contributed by atoms with Crippen molar-refractivity contribution in [1.29, 1.82) is 0 Å². The second-order valence-corrected chi connectivity index (χ2v) is 9.20. The summed E-state index contributed by atoms with van der Waals surface area (Å²) in [5.74, 6) is 0.101. The number of likely N-dealkylation sites (N-methyl/N-ethyl adjacent to an activating group) is 1. The summed E-state index contributed by atoms with van der Waals surface area (Å²) in [6.07, 6.45) is 17.3. The molecular formula is C21H46NOP. The second-order valence-electron chi connectivity index (χ2n) is 8.66. The molecule has 24 heavy (non-hydrogen) atoms. The molecule has 1 atom stereocenters. The molecule has 0 aliphatic carbocycles. The molecule has 0 aromatic carbocycles. The number of rotatable bonds is 16. The molecule has 3 heteroatoms. The highest BCUT2D eigenvalue weighted by atomic mass is 31.0. The van der Waals surface area contributed by atoms with Crippen molar-refractivity contribution < 1.29 is 9.59 Å². The van der Waals surface area contributed by atoms with Crippen LogP contribution in [0.4, 0.5) is 0 Å². The van der Waals surface area contributed by atoms with Gasteiger partial charge in [0.15, 0.2) is 0 Å². The standard InChI is InChI=1S/C21H46NOP/c1-6-8-10-12-14-16-18-21(23,20(24)22(3,4)5)19-17-15-13-11-9-7-2/h20,23-24H,6-19H2,1-5H3. The fourth-order valence-electron chi connectivity index (χ4n) is 3.54. The van der Waals surface area contributed by atoms with Crippen molar-refractivity contribution in [2.24, 2.45) is 0 Å². The average Bonchev–Trinajstić information content (AvgIpc) is 2.52. The Hall–Kier alpha value is 0.350. The van der Waals surface area contributed by atoms with Crippen LogP contribution in [0.3, 0.4) is 0 Å². The van der Waals surface area contributed by atoms with Gasteiger partial charge in [0, 0.05) is 0 Å². The van der Waals surface area contributed by atoms with Crippen LogP contribution in [0, 0.1) is 0 Å². The Kier molecular flexibility index (Phi) is 13.7. The van der Waals surface area contributed by atoms with E-state index in [1.807, 2.05) is 0 Å². The zero-order chi connectivity index (χ0) is 18.5. The molecule has 0 aliphatic rings. The van der Waals surface area contributed by atoms with E-state index < -0.39 is 5.60 Å². The molecule has 0 fully saturated rings. The van der Waals surface area contributed by atoms with Gasteiger partial charge < -0.3 is 18.8 Å². The molecule has 0 radical (unpaired) electrons. The van der Waals surface area contributed by atoms with Gasteiger partial charge in [-0.25, -0.2) is 0 Å². The monoisotopic (exact) mass is 359 g/mol. The third-order valence-electron chi connectivity index (χ3n) is 5.21. The molecule has 0 spiro atoms. The molecular weight excluding hydrogens is 313 g/mol. The van der Waals surface area contributed by atoms with Gasteiger partial charge in [-0.3, -0.25) is 0 Å². The average molecular weight is 360 g/mol. The van der Waals surface area contributed by atoms with E-state index in [9.17, 15) is 5.11 Å². The van der Waals surface area contributed by atoms with Crippen LogP contribution in [0.1, 0.15) is 104 Å². The van der Waals surface area contributed by atoms with Gasteiger partial charge in [0.05, 0.1) is 26.7 Å². The summed E-state index contributed by atoms with van der Waals surface area (Å²) in [6.45, 7) is 4.52. The van der Waals surface area contributed by atoms with Gasteiger partial charge in [-0.15, -0.1) is 0 Å². The molecule has 1 N–H and O–H groups in total. The van der Waals surface area contributed by atoms with Crippen LogP contribution in [0.15, 0.2) is 0 Å². The first-order chi connectivity index (χ1) is 11.3. The second kappa shape index (κ2) is 13.5. The van der Waals surface area contributed by atoms with Gasteiger partial charge in [0.2, 0.25) is 0 Å². The van der Waals surface area contributed by atoms with Crippen LogP contribution in [-0.2, 0) is 0 Å². The van der Waals surface area contributed by atoms with E-state index in [1.54, 1.807) is 0 Å². The van der Waals surface area contributed by atoms with Gasteiger partial charge >= 0.3 is 0 Å². The highest BCUT2D eigenvalue weighted by Gasteiger charge is 2.35. The quantitative estimate of drug-likeness (QED) is 0.192. The summed E-state index contributed by atoms with van der Waals surface area (Å²) < 4.78 is 0.763. The van der Waals surface area contributed by atoms with E-state index in [2.05, 4.69) is 44.2 Å². The highest BCUT2D eigenvalue weighted by molar-refractivity contribution is 7.17. The third kappa shape index (κ3) is 11.1. The number of quaternary nitrogens is 1. The Morgan fingerprint density at radius 2 is 1.04 bits per heavy atom. The molecule has 0 rings (SSSR count). The maximum Gasteiger partial charge on any atom is 0.0878 e. The Morgan fingerprint density at radius 3 is 1.38 bits per heavy atom. The van der Waals surface area contributed by atoms with Crippen LogP contribution < -0.4 is 0 Å². The topological polar surface area (TPSA) is 20.2 Å². The van der Waals surface area contributed by atoms with Crippen LogP contribution in [0.5, 0.6) is 0 Å². The molecule has 0 amide bonds. The number of hydrogen-bond donors (Lipinski definition) is 1. The van der Waals surface area contributed by atoms with Gasteiger partial charge in [0.1, 0.15) is 0 Å². The summed E-state index contributed by atoms with van der Waals surface area (Å²) in [4.78, 5) is 0. The van der Waals surface area contributed by atoms with Crippen LogP contribution in [0.2, 0.25) is 0 Å². The predicted octanol–water partition coefficient (Wildman–Crippen LogP) is 6.39. The lowest BCUT2D eigenvalue weighted by Gasteiger charge is -2.49. The third-order valence-corrected chi connectivity index (χ3v) is 6.52. The molecule has 0 aromatic rings. The normalized spacial score (nSPS) is 14.1. The number of hydrogen-bond acceptors (Lipinski definition) is 1. The van der Waals surface area contributed by atoms with E-state index in [-0.39, 0.29) is 5.78 Å². The zero-order valence-electron chi connectivity index (χ0n) is 17.4. The Bertz CT molecular complexity index is 272. The van der Waals surface area contributed by atoms with Crippen molar-refractivity contribution in [2.45, 2.75) is 115 Å². The molecule has 1 unspecified atom stereocenters. The van der Waals surface area contributed by atoms with Crippen LogP contribution in [0.25, 0.3) is 0 Å². The highest BCUT2D eigenvalue weighted by Crippen LogP contribution is 2.34. The minimum Gasteiger partial charge on any atom is -0.489 e. The van der Waals surface area contributed by atoms with E-state index in [4.69, 9.17) is 0 Å². The molecule has 0 saturated carbocycles. The summed E-state index contributed by atoms with van der Waals surface area (Å²) >= 11 is 0. The molecule has 0 aromatic heterocycles. The van der Waals surface area contributed by atoms with Gasteiger partial charge in [-0.05, 0) is 18.6 Å². The fourth-order valence-corrected chi connectivity index (χ4v) is 3.83. The van der Waals surface area contributed by atoms with E-state index >= 15 is 0 Å². The first-order valence-electron chi connectivity index (χ1n) is 10.5. The zero-order valence-corrected chi connectivity index (χ0v) is 18.4. The maximum absolute atomic E-state index is 11.4. The molecule has 146 valence electrons. The minimum absolute atomic E-state index is 0.101. The lowest BCUT2D eigenvalue weighted by Crippen LogP contribution is -2.55. The Labute approximate surface area is 155 Å². The summed E-state index contributed by atoms with van der Waals surface area (Å²) in [7, 11) is 10.4. The predicted molar refractivity (Wildman–Crippen MR) is 111 cm³/mol. The Balaban J connectivity index is 4.34. The maximum atomic E-state index is 11.4. The van der Waals surface area contributed by atoms with Crippen molar-refractivity contribution in [3.63, 3.8) is 0 Å². The molecule has 0 aliphatic heterocycles. The van der Waals surface area contributed by atoms with Crippen molar-refractivity contribution in [1.82, 2.24) is 0 Å². The first-order valence-corrected chi connectivity index (χ1v) is 11.1. The minimum atomic E-state index is -0.579. The van der Waals surface area contributed by atoms with Crippen molar-refractivity contribution in [3.05, 3.63) is 0 Å². The lowest BCUT2D eigenvalue weighted by atomic mass is 9.88. The molecule has 2 nitrogen and oxygen atoms in total. The van der Waals surface area contributed by atoms with E-state index in [0.717, 1.165) is 30.2 Å². The van der Waals surface area contributed by atoms with E-state index in [1.165, 1.54) is 64.2 Å².